The Morgan fingerprint density at radius 3 is 2.60 bits per heavy atom. The fraction of sp³-hybridized carbons (Fsp3) is 0.200. The first-order valence-corrected chi connectivity index (χ1v) is 8.20. The third-order valence-corrected chi connectivity index (χ3v) is 3.70. The van der Waals surface area contributed by atoms with E-state index < -0.39 is 0 Å². The molecule has 0 saturated heterocycles. The van der Waals surface area contributed by atoms with Crippen molar-refractivity contribution in [3.05, 3.63) is 66.1 Å². The van der Waals surface area contributed by atoms with Crippen LogP contribution in [0.25, 0.3) is 11.5 Å². The number of anilines is 1. The molecule has 0 fully saturated rings. The van der Waals surface area contributed by atoms with Crippen LogP contribution in [0.3, 0.4) is 0 Å². The number of nitrogens with one attached hydrogen (secondary N) is 1. The van der Waals surface area contributed by atoms with Gasteiger partial charge in [0.2, 0.25) is 11.8 Å². The molecule has 5 nitrogen and oxygen atoms in total. The molecule has 0 aliphatic heterocycles. The number of aryl methyl sites for hydroxylation is 1. The Labute approximate surface area is 146 Å². The summed E-state index contributed by atoms with van der Waals surface area (Å²) in [7, 11) is 0. The van der Waals surface area contributed by atoms with Crippen LogP contribution in [0.1, 0.15) is 18.4 Å². The summed E-state index contributed by atoms with van der Waals surface area (Å²) in [6.45, 7) is 4.26. The Hall–Kier alpha value is -3.08. The van der Waals surface area contributed by atoms with Gasteiger partial charge in [0.25, 0.3) is 0 Å². The molecule has 1 aromatic heterocycles. The van der Waals surface area contributed by atoms with Crippen molar-refractivity contribution in [1.82, 2.24) is 4.98 Å². The van der Waals surface area contributed by atoms with Gasteiger partial charge in [-0.1, -0.05) is 30.3 Å². The number of rotatable bonds is 6. The molecule has 0 radical (unpaired) electrons. The van der Waals surface area contributed by atoms with Crippen molar-refractivity contribution < 1.29 is 13.9 Å². The number of carbonyl (C=O) groups is 1. The first-order chi connectivity index (χ1) is 12.2. The van der Waals surface area contributed by atoms with E-state index >= 15 is 0 Å². The van der Waals surface area contributed by atoms with Gasteiger partial charge in [0.05, 0.1) is 24.4 Å². The molecular formula is C20H20N2O3. The summed E-state index contributed by atoms with van der Waals surface area (Å²) in [5.74, 6) is 1.66. The summed E-state index contributed by atoms with van der Waals surface area (Å²) >= 11 is 0. The van der Waals surface area contributed by atoms with Crippen molar-refractivity contribution in [3.8, 4) is 17.2 Å². The predicted molar refractivity (Wildman–Crippen MR) is 96.6 cm³/mol. The van der Waals surface area contributed by atoms with Crippen molar-refractivity contribution in [2.45, 2.75) is 20.3 Å². The topological polar surface area (TPSA) is 64.4 Å². The van der Waals surface area contributed by atoms with Crippen LogP contribution in [0.4, 0.5) is 5.69 Å². The summed E-state index contributed by atoms with van der Waals surface area (Å²) in [4.78, 5) is 16.8. The monoisotopic (exact) mass is 336 g/mol. The molecule has 0 aliphatic carbocycles. The number of benzene rings is 2. The first-order valence-electron chi connectivity index (χ1n) is 8.20. The molecule has 5 heteroatoms. The molecular weight excluding hydrogens is 316 g/mol. The molecule has 2 aromatic carbocycles. The van der Waals surface area contributed by atoms with E-state index in [0.29, 0.717) is 35.4 Å². The Morgan fingerprint density at radius 2 is 1.84 bits per heavy atom. The van der Waals surface area contributed by atoms with Gasteiger partial charge in [-0.25, -0.2) is 4.98 Å². The zero-order chi connectivity index (χ0) is 17.6. The zero-order valence-corrected chi connectivity index (χ0v) is 14.3. The van der Waals surface area contributed by atoms with Crippen LogP contribution >= 0.6 is 0 Å². The summed E-state index contributed by atoms with van der Waals surface area (Å²) in [6, 6.07) is 17.0. The van der Waals surface area contributed by atoms with Crippen LogP contribution in [0, 0.1) is 6.92 Å². The van der Waals surface area contributed by atoms with Crippen molar-refractivity contribution in [1.29, 1.82) is 0 Å². The molecule has 0 spiro atoms. The lowest BCUT2D eigenvalue weighted by Gasteiger charge is -2.10. The van der Waals surface area contributed by atoms with Crippen molar-refractivity contribution in [3.63, 3.8) is 0 Å². The lowest BCUT2D eigenvalue weighted by molar-refractivity contribution is -0.115. The predicted octanol–water partition coefficient (Wildman–Crippen LogP) is 4.23. The van der Waals surface area contributed by atoms with E-state index in [-0.39, 0.29) is 12.3 Å². The fourth-order valence-electron chi connectivity index (χ4n) is 2.49. The molecule has 128 valence electrons. The van der Waals surface area contributed by atoms with Gasteiger partial charge in [-0.05, 0) is 38.1 Å². The van der Waals surface area contributed by atoms with Gasteiger partial charge in [0, 0.05) is 5.56 Å². The van der Waals surface area contributed by atoms with Gasteiger partial charge in [-0.2, -0.15) is 0 Å². The Balaban J connectivity index is 1.73. The van der Waals surface area contributed by atoms with Crippen LogP contribution in [0.2, 0.25) is 0 Å². The second-order valence-electron chi connectivity index (χ2n) is 5.54. The lowest BCUT2D eigenvalue weighted by Crippen LogP contribution is -2.16. The SMILES string of the molecule is CCOc1ccccc1NC(=O)Cc1nc(-c2ccccc2)oc1C. The molecule has 3 aromatic rings. The number of hydrogen-bond donors (Lipinski definition) is 1. The molecule has 25 heavy (non-hydrogen) atoms. The third kappa shape index (κ3) is 4.07. The van der Waals surface area contributed by atoms with E-state index in [0.717, 1.165) is 5.56 Å². The largest absolute Gasteiger partial charge is 0.492 e. The number of ether oxygens (including phenoxy) is 1. The minimum Gasteiger partial charge on any atom is -0.492 e. The van der Waals surface area contributed by atoms with Crippen LogP contribution < -0.4 is 10.1 Å². The number of amides is 1. The second kappa shape index (κ2) is 7.66. The smallest absolute Gasteiger partial charge is 0.230 e. The Bertz CT molecular complexity index is 856. The van der Waals surface area contributed by atoms with Gasteiger partial charge >= 0.3 is 0 Å². The van der Waals surface area contributed by atoms with E-state index in [4.69, 9.17) is 9.15 Å². The number of para-hydroxylation sites is 2. The lowest BCUT2D eigenvalue weighted by atomic mass is 10.2. The number of oxazole rings is 1. The Kier molecular flexibility index (Phi) is 5.14. The molecule has 3 rings (SSSR count). The Morgan fingerprint density at radius 1 is 1.12 bits per heavy atom. The molecule has 0 bridgehead atoms. The normalized spacial score (nSPS) is 10.5. The number of hydrogen-bond acceptors (Lipinski definition) is 4. The van der Waals surface area contributed by atoms with Crippen LogP contribution in [0.5, 0.6) is 5.75 Å². The highest BCUT2D eigenvalue weighted by Gasteiger charge is 2.15. The van der Waals surface area contributed by atoms with E-state index in [2.05, 4.69) is 10.3 Å². The summed E-state index contributed by atoms with van der Waals surface area (Å²) < 4.78 is 11.2. The molecule has 1 amide bonds. The highest BCUT2D eigenvalue weighted by Crippen LogP contribution is 2.25. The van der Waals surface area contributed by atoms with Crippen molar-refractivity contribution in [2.24, 2.45) is 0 Å². The van der Waals surface area contributed by atoms with E-state index in [1.807, 2.05) is 68.4 Å². The zero-order valence-electron chi connectivity index (χ0n) is 14.3. The van der Waals surface area contributed by atoms with Gasteiger partial charge in [0.15, 0.2) is 0 Å². The maximum absolute atomic E-state index is 12.4. The van der Waals surface area contributed by atoms with E-state index in [1.54, 1.807) is 0 Å². The maximum atomic E-state index is 12.4. The molecule has 0 aliphatic rings. The van der Waals surface area contributed by atoms with E-state index in [1.165, 1.54) is 0 Å². The number of aromatic nitrogens is 1. The van der Waals surface area contributed by atoms with Gasteiger partial charge in [-0.15, -0.1) is 0 Å². The quantitative estimate of drug-likeness (QED) is 0.731. The summed E-state index contributed by atoms with van der Waals surface area (Å²) in [5.41, 5.74) is 2.17. The number of carbonyl (C=O) groups excluding carboxylic acids is 1. The van der Waals surface area contributed by atoms with Gasteiger partial charge < -0.3 is 14.5 Å². The van der Waals surface area contributed by atoms with Crippen LogP contribution in [-0.4, -0.2) is 17.5 Å². The maximum Gasteiger partial charge on any atom is 0.230 e. The summed E-state index contributed by atoms with van der Waals surface area (Å²) in [6.07, 6.45) is 0.141. The average Bonchev–Trinajstić information content (AvgIpc) is 2.98. The standard InChI is InChI=1S/C20H20N2O3/c1-3-24-18-12-8-7-11-16(18)21-19(23)13-17-14(2)25-20(22-17)15-9-5-4-6-10-15/h4-12H,3,13H2,1-2H3,(H,21,23). The number of nitrogens with zero attached hydrogens (tertiary/aromatic N) is 1. The van der Waals surface area contributed by atoms with Crippen LogP contribution in [0.15, 0.2) is 59.0 Å². The van der Waals surface area contributed by atoms with Gasteiger partial charge in [0.1, 0.15) is 11.5 Å². The molecule has 1 heterocycles. The summed E-state index contributed by atoms with van der Waals surface area (Å²) in [5, 5.41) is 2.87. The fourth-order valence-corrected chi connectivity index (χ4v) is 2.49. The highest BCUT2D eigenvalue weighted by atomic mass is 16.5. The average molecular weight is 336 g/mol. The van der Waals surface area contributed by atoms with Crippen molar-refractivity contribution in [2.75, 3.05) is 11.9 Å². The minimum atomic E-state index is -0.164. The third-order valence-electron chi connectivity index (χ3n) is 3.70. The van der Waals surface area contributed by atoms with Gasteiger partial charge in [-0.3, -0.25) is 4.79 Å². The second-order valence-corrected chi connectivity index (χ2v) is 5.54. The minimum absolute atomic E-state index is 0.141. The highest BCUT2D eigenvalue weighted by molar-refractivity contribution is 5.93. The molecule has 0 atom stereocenters. The molecule has 0 unspecified atom stereocenters. The van der Waals surface area contributed by atoms with Crippen LogP contribution in [-0.2, 0) is 11.2 Å². The first kappa shape index (κ1) is 16.8. The molecule has 1 N–H and O–H groups in total. The van der Waals surface area contributed by atoms with Crippen molar-refractivity contribution >= 4 is 11.6 Å². The molecule has 0 saturated carbocycles. The van der Waals surface area contributed by atoms with E-state index in [9.17, 15) is 4.79 Å².